The van der Waals surface area contributed by atoms with Crippen LogP contribution in [0.15, 0.2) is 24.3 Å². The number of alkyl halides is 3. The quantitative estimate of drug-likeness (QED) is 0.397. The van der Waals surface area contributed by atoms with E-state index in [0.717, 1.165) is 11.5 Å². The van der Waals surface area contributed by atoms with Gasteiger partial charge < -0.3 is 0 Å². The van der Waals surface area contributed by atoms with Crippen molar-refractivity contribution < 1.29 is 13.2 Å². The van der Waals surface area contributed by atoms with Gasteiger partial charge in [0.2, 0.25) is 0 Å². The van der Waals surface area contributed by atoms with Crippen molar-refractivity contribution in [1.29, 1.82) is 0 Å². The lowest BCUT2D eigenvalue weighted by molar-refractivity contribution is -0.133. The van der Waals surface area contributed by atoms with Crippen molar-refractivity contribution >= 4 is 0 Å². The van der Waals surface area contributed by atoms with Crippen molar-refractivity contribution in [3.63, 3.8) is 0 Å². The second kappa shape index (κ2) is 10.2. The van der Waals surface area contributed by atoms with E-state index in [0.29, 0.717) is 5.92 Å². The van der Waals surface area contributed by atoms with Crippen molar-refractivity contribution in [3.05, 3.63) is 35.4 Å². The number of hydrogen-bond donors (Lipinski definition) is 0. The van der Waals surface area contributed by atoms with Gasteiger partial charge in [-0.1, -0.05) is 69.7 Å². The van der Waals surface area contributed by atoms with E-state index in [1.807, 2.05) is 12.1 Å². The third-order valence-corrected chi connectivity index (χ3v) is 5.71. The van der Waals surface area contributed by atoms with Crippen LogP contribution in [0.2, 0.25) is 0 Å². The SMILES string of the molecule is CCCCCCC[C@H]1CC[C@H](c2ccc(CCC(F)(F)F)cc2)CC1. The van der Waals surface area contributed by atoms with Crippen molar-refractivity contribution in [3.8, 4) is 0 Å². The molecule has 3 heteroatoms. The number of rotatable bonds is 9. The van der Waals surface area contributed by atoms with Crippen molar-refractivity contribution in [1.82, 2.24) is 0 Å². The first-order valence-electron chi connectivity index (χ1n) is 10.1. The second-order valence-corrected chi connectivity index (χ2v) is 7.78. The van der Waals surface area contributed by atoms with E-state index in [9.17, 15) is 13.2 Å². The van der Waals surface area contributed by atoms with Crippen LogP contribution in [0.3, 0.4) is 0 Å². The summed E-state index contributed by atoms with van der Waals surface area (Å²) in [5.74, 6) is 1.50. The summed E-state index contributed by atoms with van der Waals surface area (Å²) < 4.78 is 36.9. The van der Waals surface area contributed by atoms with Gasteiger partial charge in [0.1, 0.15) is 0 Å². The molecule has 0 saturated heterocycles. The zero-order valence-corrected chi connectivity index (χ0v) is 15.6. The molecular weight excluding hydrogens is 321 g/mol. The Hall–Kier alpha value is -0.990. The highest BCUT2D eigenvalue weighted by Crippen LogP contribution is 2.38. The highest BCUT2D eigenvalue weighted by atomic mass is 19.4. The Kier molecular flexibility index (Phi) is 8.32. The van der Waals surface area contributed by atoms with Crippen LogP contribution in [0.25, 0.3) is 0 Å². The van der Waals surface area contributed by atoms with Gasteiger partial charge in [-0.2, -0.15) is 13.2 Å². The summed E-state index contributed by atoms with van der Waals surface area (Å²) in [6.07, 6.45) is 8.60. The topological polar surface area (TPSA) is 0 Å². The van der Waals surface area contributed by atoms with Crippen LogP contribution >= 0.6 is 0 Å². The average Bonchev–Trinajstić information content (AvgIpc) is 2.60. The van der Waals surface area contributed by atoms with E-state index in [-0.39, 0.29) is 6.42 Å². The molecule has 0 amide bonds. The molecule has 0 unspecified atom stereocenters. The van der Waals surface area contributed by atoms with Gasteiger partial charge in [-0.05, 0) is 55.1 Å². The molecule has 0 aromatic heterocycles. The number of benzene rings is 1. The maximum Gasteiger partial charge on any atom is 0.389 e. The van der Waals surface area contributed by atoms with E-state index >= 15 is 0 Å². The molecule has 0 atom stereocenters. The van der Waals surface area contributed by atoms with Gasteiger partial charge in [0.05, 0.1) is 0 Å². The molecule has 25 heavy (non-hydrogen) atoms. The van der Waals surface area contributed by atoms with Gasteiger partial charge >= 0.3 is 6.18 Å². The first-order chi connectivity index (χ1) is 12.0. The Morgan fingerprint density at radius 3 is 2.12 bits per heavy atom. The van der Waals surface area contributed by atoms with E-state index in [1.54, 1.807) is 0 Å². The van der Waals surface area contributed by atoms with Crippen molar-refractivity contribution in [2.75, 3.05) is 0 Å². The third-order valence-electron chi connectivity index (χ3n) is 5.71. The van der Waals surface area contributed by atoms with Crippen LogP contribution in [-0.4, -0.2) is 6.18 Å². The van der Waals surface area contributed by atoms with Gasteiger partial charge in [0, 0.05) is 6.42 Å². The number of unbranched alkanes of at least 4 members (excludes halogenated alkanes) is 4. The largest absolute Gasteiger partial charge is 0.389 e. The number of aryl methyl sites for hydroxylation is 1. The summed E-state index contributed by atoms with van der Waals surface area (Å²) in [5.41, 5.74) is 2.11. The highest BCUT2D eigenvalue weighted by Gasteiger charge is 2.26. The third kappa shape index (κ3) is 7.83. The van der Waals surface area contributed by atoms with Crippen LogP contribution in [0, 0.1) is 5.92 Å². The zero-order chi connectivity index (χ0) is 18.1. The fourth-order valence-electron chi connectivity index (χ4n) is 4.06. The van der Waals surface area contributed by atoms with E-state index in [2.05, 4.69) is 19.1 Å². The number of hydrogen-bond acceptors (Lipinski definition) is 0. The van der Waals surface area contributed by atoms with Crippen LogP contribution < -0.4 is 0 Å². The fourth-order valence-corrected chi connectivity index (χ4v) is 4.06. The predicted octanol–water partition coefficient (Wildman–Crippen LogP) is 7.82. The summed E-state index contributed by atoms with van der Waals surface area (Å²) in [6, 6.07) is 7.89. The minimum absolute atomic E-state index is 0.0918. The standard InChI is InChI=1S/C22H33F3/c1-2-3-4-5-6-7-18-8-12-20(13-9-18)21-14-10-19(11-15-21)16-17-22(23,24)25/h10-11,14-15,18,20H,2-9,12-13,16-17H2,1H3/t18-,20-. The molecule has 0 N–H and O–H groups in total. The normalized spacial score (nSPS) is 21.4. The van der Waals surface area contributed by atoms with E-state index < -0.39 is 12.6 Å². The molecule has 0 nitrogen and oxygen atoms in total. The van der Waals surface area contributed by atoms with Crippen LogP contribution in [0.4, 0.5) is 13.2 Å². The number of halogens is 3. The first-order valence-corrected chi connectivity index (χ1v) is 10.1. The summed E-state index contributed by atoms with van der Waals surface area (Å²) in [4.78, 5) is 0. The highest BCUT2D eigenvalue weighted by molar-refractivity contribution is 5.26. The van der Waals surface area contributed by atoms with Crippen molar-refractivity contribution in [2.24, 2.45) is 5.92 Å². The summed E-state index contributed by atoms with van der Waals surface area (Å²) >= 11 is 0. The molecule has 0 radical (unpaired) electrons. The molecule has 1 saturated carbocycles. The van der Waals surface area contributed by atoms with Gasteiger partial charge in [-0.25, -0.2) is 0 Å². The molecule has 0 bridgehead atoms. The minimum atomic E-state index is -4.06. The summed E-state index contributed by atoms with van der Waals surface area (Å²) in [5, 5.41) is 0. The maximum absolute atomic E-state index is 12.3. The molecule has 0 heterocycles. The molecule has 1 aromatic rings. The Bertz CT molecular complexity index is 467. The van der Waals surface area contributed by atoms with E-state index in [4.69, 9.17) is 0 Å². The zero-order valence-electron chi connectivity index (χ0n) is 15.6. The molecule has 1 aliphatic rings. The molecule has 0 spiro atoms. The Morgan fingerprint density at radius 1 is 0.880 bits per heavy atom. The molecule has 0 aliphatic heterocycles. The van der Waals surface area contributed by atoms with Crippen molar-refractivity contribution in [2.45, 2.75) is 96.1 Å². The molecule has 2 rings (SSSR count). The van der Waals surface area contributed by atoms with Crippen LogP contribution in [-0.2, 0) is 6.42 Å². The smallest absolute Gasteiger partial charge is 0.171 e. The lowest BCUT2D eigenvalue weighted by atomic mass is 9.77. The van der Waals surface area contributed by atoms with Gasteiger partial charge in [-0.15, -0.1) is 0 Å². The fraction of sp³-hybridized carbons (Fsp3) is 0.727. The molecule has 1 fully saturated rings. The summed E-state index contributed by atoms with van der Waals surface area (Å²) in [6.45, 7) is 2.25. The lowest BCUT2D eigenvalue weighted by Crippen LogP contribution is -2.13. The molecule has 1 aromatic carbocycles. The second-order valence-electron chi connectivity index (χ2n) is 7.78. The first kappa shape index (κ1) is 20.3. The lowest BCUT2D eigenvalue weighted by Gasteiger charge is -2.29. The predicted molar refractivity (Wildman–Crippen MR) is 98.9 cm³/mol. The molecular formula is C22H33F3. The van der Waals surface area contributed by atoms with E-state index in [1.165, 1.54) is 69.8 Å². The molecule has 142 valence electrons. The van der Waals surface area contributed by atoms with Gasteiger partial charge in [0.25, 0.3) is 0 Å². The van der Waals surface area contributed by atoms with Gasteiger partial charge in [-0.3, -0.25) is 0 Å². The van der Waals surface area contributed by atoms with Crippen LogP contribution in [0.1, 0.15) is 94.6 Å². The van der Waals surface area contributed by atoms with Crippen LogP contribution in [0.5, 0.6) is 0 Å². The maximum atomic E-state index is 12.3. The Balaban J connectivity index is 1.69. The Labute approximate surface area is 151 Å². The minimum Gasteiger partial charge on any atom is -0.171 e. The molecule has 1 aliphatic carbocycles. The average molecular weight is 355 g/mol. The monoisotopic (exact) mass is 354 g/mol. The Morgan fingerprint density at radius 2 is 1.52 bits per heavy atom. The summed E-state index contributed by atoms with van der Waals surface area (Å²) in [7, 11) is 0. The van der Waals surface area contributed by atoms with Gasteiger partial charge in [0.15, 0.2) is 0 Å².